The van der Waals surface area contributed by atoms with E-state index in [1.165, 1.54) is 9.13 Å². The zero-order valence-electron chi connectivity index (χ0n) is 6.89. The van der Waals surface area contributed by atoms with Gasteiger partial charge in [0.25, 0.3) is 0 Å². The van der Waals surface area contributed by atoms with Gasteiger partial charge in [0, 0.05) is 16.7 Å². The van der Waals surface area contributed by atoms with Crippen molar-refractivity contribution in [1.29, 1.82) is 0 Å². The Morgan fingerprint density at radius 3 is 2.58 bits per heavy atom. The van der Waals surface area contributed by atoms with Crippen molar-refractivity contribution in [2.24, 2.45) is 0 Å². The molecule has 0 spiro atoms. The van der Waals surface area contributed by atoms with Crippen LogP contribution in [0.1, 0.15) is 5.56 Å². The molecule has 0 saturated carbocycles. The minimum Gasteiger partial charge on any atom is -0.309 e. The first-order chi connectivity index (χ1) is 5.83. The lowest BCUT2D eigenvalue weighted by Crippen LogP contribution is -2.12. The molecule has 0 unspecified atom stereocenters. The molecule has 0 atom stereocenters. The van der Waals surface area contributed by atoms with Crippen LogP contribution >= 0.6 is 22.6 Å². The van der Waals surface area contributed by atoms with Crippen molar-refractivity contribution in [2.45, 2.75) is 6.54 Å². The lowest BCUT2D eigenvalue weighted by molar-refractivity contribution is 0.760. The third kappa shape index (κ3) is 3.36. The molecule has 2 heteroatoms. The smallest absolute Gasteiger partial charge is 0.0208 e. The molecule has 0 radical (unpaired) electrons. The second-order valence-electron chi connectivity index (χ2n) is 2.55. The topological polar surface area (TPSA) is 12.0 Å². The molecule has 64 valence electrons. The molecule has 0 fully saturated rings. The van der Waals surface area contributed by atoms with Crippen LogP contribution in [0.15, 0.2) is 36.9 Å². The standard InChI is InChI=1S/C10H12IN/c1-2-7-12-8-9-3-5-10(11)6-4-9/h2-6,12H,1,7-8H2. The molecule has 1 rings (SSSR count). The summed E-state index contributed by atoms with van der Waals surface area (Å²) in [7, 11) is 0. The molecule has 1 aromatic rings. The molecule has 0 amide bonds. The van der Waals surface area contributed by atoms with Crippen LogP contribution < -0.4 is 5.32 Å². The van der Waals surface area contributed by atoms with Gasteiger partial charge in [-0.2, -0.15) is 0 Å². The van der Waals surface area contributed by atoms with E-state index in [0.29, 0.717) is 0 Å². The summed E-state index contributed by atoms with van der Waals surface area (Å²) in [5, 5.41) is 3.25. The van der Waals surface area contributed by atoms with E-state index in [2.05, 4.69) is 58.8 Å². The number of hydrogen-bond acceptors (Lipinski definition) is 1. The van der Waals surface area contributed by atoms with E-state index in [4.69, 9.17) is 0 Å². The highest BCUT2D eigenvalue weighted by Gasteiger charge is 1.90. The molecule has 0 heterocycles. The van der Waals surface area contributed by atoms with Crippen LogP contribution in [-0.4, -0.2) is 6.54 Å². The maximum Gasteiger partial charge on any atom is 0.0208 e. The van der Waals surface area contributed by atoms with E-state index in [-0.39, 0.29) is 0 Å². The van der Waals surface area contributed by atoms with E-state index in [9.17, 15) is 0 Å². The van der Waals surface area contributed by atoms with Gasteiger partial charge in [0.05, 0.1) is 0 Å². The minimum absolute atomic E-state index is 0.867. The normalized spacial score (nSPS) is 9.75. The third-order valence-corrected chi connectivity index (χ3v) is 2.25. The molecule has 0 aromatic heterocycles. The number of halogens is 1. The highest BCUT2D eigenvalue weighted by Crippen LogP contribution is 2.05. The molecule has 0 aliphatic rings. The molecule has 12 heavy (non-hydrogen) atoms. The Hall–Kier alpha value is -0.350. The lowest BCUT2D eigenvalue weighted by Gasteiger charge is -2.01. The second-order valence-corrected chi connectivity index (χ2v) is 3.79. The van der Waals surface area contributed by atoms with Gasteiger partial charge in [-0.05, 0) is 40.3 Å². The van der Waals surface area contributed by atoms with Crippen molar-refractivity contribution in [3.63, 3.8) is 0 Å². The van der Waals surface area contributed by atoms with E-state index in [0.717, 1.165) is 13.1 Å². The summed E-state index contributed by atoms with van der Waals surface area (Å²) < 4.78 is 1.28. The summed E-state index contributed by atoms with van der Waals surface area (Å²) in [5.74, 6) is 0. The molecule has 0 saturated heterocycles. The zero-order chi connectivity index (χ0) is 8.81. The molecule has 0 bridgehead atoms. The average molecular weight is 273 g/mol. The Bertz CT molecular complexity index is 241. The first-order valence-electron chi connectivity index (χ1n) is 3.89. The highest BCUT2D eigenvalue weighted by atomic mass is 127. The van der Waals surface area contributed by atoms with Gasteiger partial charge in [-0.1, -0.05) is 18.2 Å². The largest absolute Gasteiger partial charge is 0.309 e. The summed E-state index contributed by atoms with van der Waals surface area (Å²) in [6.45, 7) is 5.43. The Labute approximate surface area is 87.0 Å². The second kappa shape index (κ2) is 5.32. The van der Waals surface area contributed by atoms with Crippen molar-refractivity contribution < 1.29 is 0 Å². The molecule has 1 nitrogen and oxygen atoms in total. The quantitative estimate of drug-likeness (QED) is 0.505. The Morgan fingerprint density at radius 1 is 1.33 bits per heavy atom. The van der Waals surface area contributed by atoms with Crippen LogP contribution in [0, 0.1) is 3.57 Å². The summed E-state index contributed by atoms with van der Waals surface area (Å²) in [5.41, 5.74) is 1.32. The third-order valence-electron chi connectivity index (χ3n) is 1.53. The summed E-state index contributed by atoms with van der Waals surface area (Å²) in [6, 6.07) is 8.51. The fourth-order valence-electron chi connectivity index (χ4n) is 0.921. The van der Waals surface area contributed by atoms with Crippen molar-refractivity contribution in [2.75, 3.05) is 6.54 Å². The van der Waals surface area contributed by atoms with Crippen LogP contribution in [0.4, 0.5) is 0 Å². The zero-order valence-corrected chi connectivity index (χ0v) is 9.04. The van der Waals surface area contributed by atoms with E-state index in [1.807, 2.05) is 6.08 Å². The Balaban J connectivity index is 2.42. The summed E-state index contributed by atoms with van der Waals surface area (Å²) in [4.78, 5) is 0. The van der Waals surface area contributed by atoms with Gasteiger partial charge in [0.1, 0.15) is 0 Å². The molecule has 0 aliphatic carbocycles. The fourth-order valence-corrected chi connectivity index (χ4v) is 1.28. The number of nitrogens with one attached hydrogen (secondary N) is 1. The van der Waals surface area contributed by atoms with E-state index in [1.54, 1.807) is 0 Å². The predicted molar refractivity (Wildman–Crippen MR) is 61.1 cm³/mol. The lowest BCUT2D eigenvalue weighted by atomic mass is 10.2. The SMILES string of the molecule is C=CCNCc1ccc(I)cc1. The number of hydrogen-bond donors (Lipinski definition) is 1. The molecule has 1 aromatic carbocycles. The maximum absolute atomic E-state index is 3.64. The molecule has 0 aliphatic heterocycles. The maximum atomic E-state index is 3.64. The molecular weight excluding hydrogens is 261 g/mol. The monoisotopic (exact) mass is 273 g/mol. The van der Waals surface area contributed by atoms with Crippen molar-refractivity contribution in [3.05, 3.63) is 46.1 Å². The first-order valence-corrected chi connectivity index (χ1v) is 4.97. The van der Waals surface area contributed by atoms with Gasteiger partial charge >= 0.3 is 0 Å². The Kier molecular flexibility index (Phi) is 4.32. The average Bonchev–Trinajstić information content (AvgIpc) is 2.09. The van der Waals surface area contributed by atoms with Crippen molar-refractivity contribution in [3.8, 4) is 0 Å². The van der Waals surface area contributed by atoms with E-state index >= 15 is 0 Å². The van der Waals surface area contributed by atoms with Crippen molar-refractivity contribution in [1.82, 2.24) is 5.32 Å². The van der Waals surface area contributed by atoms with Gasteiger partial charge in [-0.25, -0.2) is 0 Å². The molecule has 1 N–H and O–H groups in total. The fraction of sp³-hybridized carbons (Fsp3) is 0.200. The van der Waals surface area contributed by atoms with Crippen LogP contribution in [0.2, 0.25) is 0 Å². The first kappa shape index (κ1) is 9.74. The summed E-state index contributed by atoms with van der Waals surface area (Å²) in [6.07, 6.45) is 1.87. The van der Waals surface area contributed by atoms with Gasteiger partial charge in [0.2, 0.25) is 0 Å². The van der Waals surface area contributed by atoms with Gasteiger partial charge in [-0.15, -0.1) is 6.58 Å². The van der Waals surface area contributed by atoms with E-state index < -0.39 is 0 Å². The summed E-state index contributed by atoms with van der Waals surface area (Å²) >= 11 is 2.30. The number of benzene rings is 1. The molecular formula is C10H12IN. The van der Waals surface area contributed by atoms with Gasteiger partial charge in [0.15, 0.2) is 0 Å². The van der Waals surface area contributed by atoms with Crippen LogP contribution in [0.5, 0.6) is 0 Å². The minimum atomic E-state index is 0.867. The van der Waals surface area contributed by atoms with Crippen LogP contribution in [0.25, 0.3) is 0 Å². The van der Waals surface area contributed by atoms with Gasteiger partial charge in [-0.3, -0.25) is 0 Å². The highest BCUT2D eigenvalue weighted by molar-refractivity contribution is 14.1. The predicted octanol–water partition coefficient (Wildman–Crippen LogP) is 2.57. The van der Waals surface area contributed by atoms with Gasteiger partial charge < -0.3 is 5.32 Å². The van der Waals surface area contributed by atoms with Crippen LogP contribution in [-0.2, 0) is 6.54 Å². The van der Waals surface area contributed by atoms with Crippen LogP contribution in [0.3, 0.4) is 0 Å². The van der Waals surface area contributed by atoms with Crippen molar-refractivity contribution >= 4 is 22.6 Å². The Morgan fingerprint density at radius 2 is 2.00 bits per heavy atom. The number of rotatable bonds is 4.